The molecule has 0 aromatic rings. The minimum atomic E-state index is -1.80. The van der Waals surface area contributed by atoms with E-state index in [0.29, 0.717) is 12.8 Å². The van der Waals surface area contributed by atoms with Crippen molar-refractivity contribution in [3.63, 3.8) is 0 Å². The quantitative estimate of drug-likeness (QED) is 0.738. The van der Waals surface area contributed by atoms with Gasteiger partial charge in [0.2, 0.25) is 0 Å². The normalized spacial score (nSPS) is 42.4. The van der Waals surface area contributed by atoms with E-state index in [1.807, 2.05) is 0 Å². The Hall–Kier alpha value is -0.910. The van der Waals surface area contributed by atoms with E-state index in [1.165, 1.54) is 6.92 Å². The van der Waals surface area contributed by atoms with Crippen molar-refractivity contribution in [2.45, 2.75) is 76.2 Å². The molecule has 2 heterocycles. The highest BCUT2D eigenvalue weighted by Crippen LogP contribution is 2.47. The molecule has 0 aromatic heterocycles. The molecule has 0 saturated carbocycles. The molecule has 2 fully saturated rings. The standard InChI is InChI=1S/C13H21F2NO3/c1-12(2,3)19-11(18)16-7-5-6-13(16,4)10(15)9(17)8(7)14/h7-10,17H,5-6H2,1-4H3/t7-,8-,9?,10-,13+/m0/s1. The van der Waals surface area contributed by atoms with E-state index >= 15 is 0 Å². The predicted molar refractivity (Wildman–Crippen MR) is 65.3 cm³/mol. The van der Waals surface area contributed by atoms with Gasteiger partial charge in [-0.3, -0.25) is 4.90 Å². The number of halogens is 2. The first-order valence-corrected chi connectivity index (χ1v) is 6.56. The summed E-state index contributed by atoms with van der Waals surface area (Å²) < 4.78 is 33.4. The van der Waals surface area contributed by atoms with Gasteiger partial charge < -0.3 is 9.84 Å². The van der Waals surface area contributed by atoms with E-state index in [-0.39, 0.29) is 0 Å². The maximum atomic E-state index is 14.2. The lowest BCUT2D eigenvalue weighted by atomic mass is 9.86. The number of piperidine rings is 1. The van der Waals surface area contributed by atoms with Crippen molar-refractivity contribution >= 4 is 6.09 Å². The molecule has 2 aliphatic rings. The van der Waals surface area contributed by atoms with Gasteiger partial charge in [0.15, 0.2) is 6.17 Å². The lowest BCUT2D eigenvalue weighted by Gasteiger charge is -2.47. The minimum absolute atomic E-state index is 0.329. The second-order valence-corrected chi connectivity index (χ2v) is 6.65. The lowest BCUT2D eigenvalue weighted by Crippen LogP contribution is -2.67. The zero-order valence-corrected chi connectivity index (χ0v) is 11.7. The van der Waals surface area contributed by atoms with Crippen LogP contribution < -0.4 is 0 Å². The Labute approximate surface area is 111 Å². The molecule has 1 amide bonds. The van der Waals surface area contributed by atoms with Crippen LogP contribution in [0.25, 0.3) is 0 Å². The summed E-state index contributed by atoms with van der Waals surface area (Å²) >= 11 is 0. The molecular formula is C13H21F2NO3. The first-order valence-electron chi connectivity index (χ1n) is 6.56. The molecule has 110 valence electrons. The van der Waals surface area contributed by atoms with Crippen molar-refractivity contribution in [3.8, 4) is 0 Å². The third kappa shape index (κ3) is 2.20. The number of hydrogen-bond donors (Lipinski definition) is 1. The minimum Gasteiger partial charge on any atom is -0.444 e. The zero-order valence-electron chi connectivity index (χ0n) is 11.7. The number of rotatable bonds is 0. The van der Waals surface area contributed by atoms with Crippen LogP contribution >= 0.6 is 0 Å². The van der Waals surface area contributed by atoms with E-state index in [1.54, 1.807) is 20.8 Å². The van der Waals surface area contributed by atoms with Gasteiger partial charge in [0.05, 0.1) is 11.6 Å². The van der Waals surface area contributed by atoms with E-state index in [0.717, 1.165) is 4.90 Å². The van der Waals surface area contributed by atoms with Crippen LogP contribution in [0.1, 0.15) is 40.5 Å². The molecule has 0 aliphatic carbocycles. The van der Waals surface area contributed by atoms with Crippen LogP contribution in [0.2, 0.25) is 0 Å². The predicted octanol–water partition coefficient (Wildman–Crippen LogP) is 2.20. The Morgan fingerprint density at radius 2 is 2.00 bits per heavy atom. The molecule has 1 unspecified atom stereocenters. The fraction of sp³-hybridized carbons (Fsp3) is 0.923. The van der Waals surface area contributed by atoms with Crippen molar-refractivity contribution in [1.82, 2.24) is 4.90 Å². The van der Waals surface area contributed by atoms with Gasteiger partial charge in [0.1, 0.15) is 17.9 Å². The van der Waals surface area contributed by atoms with Gasteiger partial charge in [0.25, 0.3) is 0 Å². The number of ether oxygens (including phenoxy) is 1. The fourth-order valence-corrected chi connectivity index (χ4v) is 3.05. The molecule has 6 heteroatoms. The zero-order chi connectivity index (χ0) is 14.6. The monoisotopic (exact) mass is 277 g/mol. The van der Waals surface area contributed by atoms with Crippen molar-refractivity contribution in [2.75, 3.05) is 0 Å². The molecule has 2 aliphatic heterocycles. The molecule has 19 heavy (non-hydrogen) atoms. The first kappa shape index (κ1) is 14.5. The summed E-state index contributed by atoms with van der Waals surface area (Å²) in [7, 11) is 0. The van der Waals surface area contributed by atoms with Gasteiger partial charge in [-0.15, -0.1) is 0 Å². The maximum absolute atomic E-state index is 14.2. The second kappa shape index (κ2) is 4.30. The molecule has 0 spiro atoms. The number of carbonyl (C=O) groups excluding carboxylic acids is 1. The summed E-state index contributed by atoms with van der Waals surface area (Å²) in [4.78, 5) is 13.3. The molecule has 4 nitrogen and oxygen atoms in total. The highest BCUT2D eigenvalue weighted by atomic mass is 19.1. The van der Waals surface area contributed by atoms with Gasteiger partial charge in [-0.25, -0.2) is 13.6 Å². The van der Waals surface area contributed by atoms with Gasteiger partial charge >= 0.3 is 6.09 Å². The van der Waals surface area contributed by atoms with Gasteiger partial charge in [-0.2, -0.15) is 0 Å². The number of aliphatic hydroxyl groups excluding tert-OH is 1. The molecule has 1 N–H and O–H groups in total. The van der Waals surface area contributed by atoms with Crippen LogP contribution in [0.4, 0.5) is 13.6 Å². The summed E-state index contributed by atoms with van der Waals surface area (Å²) in [5.41, 5.74) is -1.91. The van der Waals surface area contributed by atoms with Gasteiger partial charge in [0, 0.05) is 0 Å². The van der Waals surface area contributed by atoms with Crippen molar-refractivity contribution < 1.29 is 23.4 Å². The maximum Gasteiger partial charge on any atom is 0.411 e. The lowest BCUT2D eigenvalue weighted by molar-refractivity contribution is -0.119. The molecule has 0 aromatic carbocycles. The van der Waals surface area contributed by atoms with Crippen molar-refractivity contribution in [3.05, 3.63) is 0 Å². The van der Waals surface area contributed by atoms with Crippen LogP contribution in [0.3, 0.4) is 0 Å². The number of aliphatic hydroxyl groups is 1. The number of fused-ring (bicyclic) bond motifs is 2. The van der Waals surface area contributed by atoms with Crippen molar-refractivity contribution in [1.29, 1.82) is 0 Å². The largest absolute Gasteiger partial charge is 0.444 e. The van der Waals surface area contributed by atoms with Crippen LogP contribution in [-0.2, 0) is 4.74 Å². The van der Waals surface area contributed by atoms with E-state index in [4.69, 9.17) is 4.74 Å². The third-order valence-electron chi connectivity index (χ3n) is 4.01. The Kier molecular flexibility index (Phi) is 3.28. The molecule has 2 rings (SSSR count). The highest BCUT2D eigenvalue weighted by molar-refractivity contribution is 5.71. The number of hydrogen-bond acceptors (Lipinski definition) is 3. The summed E-state index contributed by atoms with van der Waals surface area (Å²) in [5, 5.41) is 9.60. The Bertz CT molecular complexity index is 385. The van der Waals surface area contributed by atoms with E-state index < -0.39 is 41.7 Å². The summed E-state index contributed by atoms with van der Waals surface area (Å²) in [6.07, 6.45) is -5.28. The van der Waals surface area contributed by atoms with Gasteiger partial charge in [-0.1, -0.05) is 0 Å². The van der Waals surface area contributed by atoms with Crippen LogP contribution in [-0.4, -0.2) is 51.7 Å². The summed E-state index contributed by atoms with van der Waals surface area (Å²) in [5.74, 6) is 0. The smallest absolute Gasteiger partial charge is 0.411 e. The average molecular weight is 277 g/mol. The van der Waals surface area contributed by atoms with Crippen LogP contribution in [0, 0.1) is 0 Å². The number of amides is 1. The third-order valence-corrected chi connectivity index (χ3v) is 4.01. The Morgan fingerprint density at radius 3 is 2.53 bits per heavy atom. The average Bonchev–Trinajstić information content (AvgIpc) is 2.59. The van der Waals surface area contributed by atoms with E-state index in [9.17, 15) is 18.7 Å². The second-order valence-electron chi connectivity index (χ2n) is 6.65. The molecule has 2 saturated heterocycles. The highest BCUT2D eigenvalue weighted by Gasteiger charge is 2.62. The summed E-state index contributed by atoms with van der Waals surface area (Å²) in [6, 6.07) is -0.804. The van der Waals surface area contributed by atoms with E-state index in [2.05, 4.69) is 0 Å². The van der Waals surface area contributed by atoms with Crippen LogP contribution in [0.15, 0.2) is 0 Å². The Balaban J connectivity index is 2.28. The fourth-order valence-electron chi connectivity index (χ4n) is 3.05. The first-order chi connectivity index (χ1) is 8.58. The molecule has 0 radical (unpaired) electrons. The SMILES string of the molecule is CC(C)(C)OC(=O)N1[C@H]2CC[C@]1(C)[C@@H](F)C(O)[C@H]2F. The van der Waals surface area contributed by atoms with Crippen LogP contribution in [0.5, 0.6) is 0 Å². The topological polar surface area (TPSA) is 49.8 Å². The Morgan fingerprint density at radius 1 is 1.42 bits per heavy atom. The molecule has 5 atom stereocenters. The van der Waals surface area contributed by atoms with Gasteiger partial charge in [-0.05, 0) is 40.5 Å². The van der Waals surface area contributed by atoms with Crippen molar-refractivity contribution in [2.24, 2.45) is 0 Å². The molecular weight excluding hydrogens is 256 g/mol. The number of carbonyl (C=O) groups is 1. The summed E-state index contributed by atoms with van der Waals surface area (Å²) in [6.45, 7) is 6.64. The number of alkyl halides is 2. The molecule has 2 bridgehead atoms. The number of nitrogens with zero attached hydrogens (tertiary/aromatic N) is 1.